The number of nitrogens with zero attached hydrogens (tertiary/aromatic N) is 3. The van der Waals surface area contributed by atoms with Gasteiger partial charge >= 0.3 is 5.97 Å². The van der Waals surface area contributed by atoms with E-state index in [2.05, 4.69) is 12.6 Å². The van der Waals surface area contributed by atoms with Crippen LogP contribution in [0.2, 0.25) is 0 Å². The second-order valence-electron chi connectivity index (χ2n) is 7.97. The van der Waals surface area contributed by atoms with E-state index in [0.717, 1.165) is 28.6 Å². The van der Waals surface area contributed by atoms with Crippen molar-refractivity contribution in [1.29, 1.82) is 5.26 Å². The van der Waals surface area contributed by atoms with Gasteiger partial charge in [0, 0.05) is 24.1 Å². The number of esters is 1. The zero-order chi connectivity index (χ0) is 25.1. The summed E-state index contributed by atoms with van der Waals surface area (Å²) in [5.41, 5.74) is -2.97. The molecule has 0 spiro atoms. The van der Waals surface area contributed by atoms with Gasteiger partial charge in [-0.15, -0.1) is 6.58 Å². The molecule has 0 amide bonds. The first kappa shape index (κ1) is 25.1. The fourth-order valence-corrected chi connectivity index (χ4v) is 6.38. The fourth-order valence-electron chi connectivity index (χ4n) is 4.67. The largest absolute Gasteiger partial charge is 0.465 e. The molecule has 34 heavy (non-hydrogen) atoms. The van der Waals surface area contributed by atoms with Crippen LogP contribution in [0.5, 0.6) is 0 Å². The van der Waals surface area contributed by atoms with Gasteiger partial charge in [0.05, 0.1) is 28.5 Å². The molecule has 2 aromatic carbocycles. The van der Waals surface area contributed by atoms with Crippen LogP contribution in [0.15, 0.2) is 72.1 Å². The van der Waals surface area contributed by atoms with E-state index >= 15 is 0 Å². The molecule has 3 atom stereocenters. The van der Waals surface area contributed by atoms with Gasteiger partial charge in [0.2, 0.25) is 10.0 Å². The summed E-state index contributed by atoms with van der Waals surface area (Å²) >= 11 is 0. The molecule has 1 saturated heterocycles. The highest BCUT2D eigenvalue weighted by Gasteiger charge is 2.70. The van der Waals surface area contributed by atoms with Crippen molar-refractivity contribution in [2.75, 3.05) is 13.2 Å². The van der Waals surface area contributed by atoms with Crippen LogP contribution in [0.1, 0.15) is 31.9 Å². The normalized spacial score (nSPS) is 24.8. The number of nitro benzene ring substituents is 1. The maximum Gasteiger partial charge on any atom is 0.329 e. The summed E-state index contributed by atoms with van der Waals surface area (Å²) < 4.78 is 34.2. The van der Waals surface area contributed by atoms with Gasteiger partial charge in [0.1, 0.15) is 0 Å². The van der Waals surface area contributed by atoms with Gasteiger partial charge in [-0.05, 0) is 31.0 Å². The van der Waals surface area contributed by atoms with Gasteiger partial charge in [-0.1, -0.05) is 43.3 Å². The van der Waals surface area contributed by atoms with Crippen LogP contribution in [0.3, 0.4) is 0 Å². The minimum atomic E-state index is -4.30. The van der Waals surface area contributed by atoms with E-state index in [4.69, 9.17) is 4.74 Å². The maximum atomic E-state index is 13.9. The van der Waals surface area contributed by atoms with Crippen molar-refractivity contribution >= 4 is 21.7 Å². The maximum absolute atomic E-state index is 13.9. The average Bonchev–Trinajstić information content (AvgIpc) is 3.17. The van der Waals surface area contributed by atoms with Crippen molar-refractivity contribution in [3.8, 4) is 6.07 Å². The molecule has 0 radical (unpaired) electrons. The number of carbonyl (C=O) groups excluding carboxylic acids is 1. The van der Waals surface area contributed by atoms with Crippen molar-refractivity contribution in [1.82, 2.24) is 4.31 Å². The number of carbonyl (C=O) groups is 1. The first-order chi connectivity index (χ1) is 16.1. The predicted molar refractivity (Wildman–Crippen MR) is 124 cm³/mol. The first-order valence-electron chi connectivity index (χ1n) is 10.7. The third kappa shape index (κ3) is 3.67. The average molecular weight is 484 g/mol. The molecular formula is C24H25N3O6S. The predicted octanol–water partition coefficient (Wildman–Crippen LogP) is 4.00. The van der Waals surface area contributed by atoms with Crippen molar-refractivity contribution < 1.29 is 22.9 Å². The molecule has 0 unspecified atom stereocenters. The summed E-state index contributed by atoms with van der Waals surface area (Å²) in [7, 11) is -4.30. The summed E-state index contributed by atoms with van der Waals surface area (Å²) in [6.45, 7) is 7.05. The van der Waals surface area contributed by atoms with Crippen LogP contribution >= 0.6 is 0 Å². The smallest absolute Gasteiger partial charge is 0.329 e. The third-order valence-electron chi connectivity index (χ3n) is 6.49. The van der Waals surface area contributed by atoms with Crippen molar-refractivity contribution in [3.63, 3.8) is 0 Å². The van der Waals surface area contributed by atoms with Crippen molar-refractivity contribution in [2.45, 2.75) is 31.2 Å². The Morgan fingerprint density at radius 2 is 1.88 bits per heavy atom. The Labute approximate surface area is 198 Å². The standard InChI is InChI=1S/C24H25N3O6S/c1-4-23(5-2)17-26(34(31,32)20-14-12-19(13-15-20)27(29)30)21(18-10-8-7-9-11-18)24(23,16-25)22(28)33-6-3/h4,7-15,21H,1,5-6,17H2,2-3H3/t21-,23-,24+/m0/s1. The molecule has 0 aliphatic carbocycles. The molecule has 1 aliphatic heterocycles. The van der Waals surface area contributed by atoms with Crippen LogP contribution in [0.25, 0.3) is 0 Å². The summed E-state index contributed by atoms with van der Waals surface area (Å²) in [4.78, 5) is 23.7. The molecule has 10 heteroatoms. The Balaban J connectivity index is 2.32. The SMILES string of the molecule is C=C[C@]1(CC)CN(S(=O)(=O)c2ccc([N+](=O)[O-])cc2)[C@@H](c2ccccc2)[C@]1(C#N)C(=O)OCC. The Morgan fingerprint density at radius 1 is 1.26 bits per heavy atom. The minimum absolute atomic E-state index is 0.00973. The van der Waals surface area contributed by atoms with Crippen molar-refractivity contribution in [3.05, 3.63) is 82.9 Å². The van der Waals surface area contributed by atoms with E-state index in [1.807, 2.05) is 0 Å². The number of rotatable bonds is 8. The second kappa shape index (κ2) is 9.37. The number of nitriles is 1. The monoisotopic (exact) mass is 483 g/mol. The third-order valence-corrected chi connectivity index (χ3v) is 8.31. The van der Waals surface area contributed by atoms with Crippen molar-refractivity contribution in [2.24, 2.45) is 10.8 Å². The molecule has 0 aromatic heterocycles. The lowest BCUT2D eigenvalue weighted by atomic mass is 9.60. The summed E-state index contributed by atoms with van der Waals surface area (Å²) in [6, 6.07) is 13.9. The van der Waals surface area contributed by atoms with Crippen LogP contribution < -0.4 is 0 Å². The minimum Gasteiger partial charge on any atom is -0.465 e. The molecule has 1 aliphatic rings. The highest BCUT2D eigenvalue weighted by Crippen LogP contribution is 2.61. The Hall–Kier alpha value is -3.55. The molecular weight excluding hydrogens is 458 g/mol. The van der Waals surface area contributed by atoms with E-state index in [1.165, 1.54) is 6.08 Å². The number of nitro groups is 1. The summed E-state index contributed by atoms with van der Waals surface area (Å²) in [6.07, 6.45) is 1.72. The molecule has 0 saturated carbocycles. The molecule has 0 bridgehead atoms. The number of hydrogen-bond acceptors (Lipinski definition) is 7. The Bertz CT molecular complexity index is 1240. The van der Waals surface area contributed by atoms with E-state index in [9.17, 15) is 28.6 Å². The second-order valence-corrected chi connectivity index (χ2v) is 9.86. The number of sulfonamides is 1. The van der Waals surface area contributed by atoms with Gasteiger partial charge in [0.25, 0.3) is 5.69 Å². The number of hydrogen-bond donors (Lipinski definition) is 0. The Morgan fingerprint density at radius 3 is 2.35 bits per heavy atom. The molecule has 1 fully saturated rings. The lowest BCUT2D eigenvalue weighted by Crippen LogP contribution is -2.47. The van der Waals surface area contributed by atoms with Crippen LogP contribution in [-0.4, -0.2) is 36.8 Å². The zero-order valence-corrected chi connectivity index (χ0v) is 19.7. The molecule has 0 N–H and O–H groups in total. The van der Waals surface area contributed by atoms with Crippen LogP contribution in [-0.2, 0) is 19.6 Å². The van der Waals surface area contributed by atoms with E-state index in [-0.39, 0.29) is 30.2 Å². The number of benzene rings is 2. The van der Waals surface area contributed by atoms with E-state index in [1.54, 1.807) is 44.2 Å². The highest BCUT2D eigenvalue weighted by molar-refractivity contribution is 7.89. The topological polar surface area (TPSA) is 131 Å². The quantitative estimate of drug-likeness (QED) is 0.240. The lowest BCUT2D eigenvalue weighted by molar-refractivity contribution is -0.384. The fraction of sp³-hybridized carbons (Fsp3) is 0.333. The van der Waals surface area contributed by atoms with Crippen LogP contribution in [0, 0.1) is 32.3 Å². The summed E-state index contributed by atoms with van der Waals surface area (Å²) in [5, 5.41) is 21.5. The van der Waals surface area contributed by atoms with Gasteiger partial charge in [-0.2, -0.15) is 9.57 Å². The molecule has 178 valence electrons. The van der Waals surface area contributed by atoms with E-state index in [0.29, 0.717) is 5.56 Å². The first-order valence-corrected chi connectivity index (χ1v) is 12.1. The van der Waals surface area contributed by atoms with Gasteiger partial charge in [-0.3, -0.25) is 14.9 Å². The van der Waals surface area contributed by atoms with Crippen LogP contribution in [0.4, 0.5) is 5.69 Å². The molecule has 9 nitrogen and oxygen atoms in total. The van der Waals surface area contributed by atoms with E-state index < -0.39 is 37.8 Å². The highest BCUT2D eigenvalue weighted by atomic mass is 32.2. The lowest BCUT2D eigenvalue weighted by Gasteiger charge is -2.38. The summed E-state index contributed by atoms with van der Waals surface area (Å²) in [5.74, 6) is -0.825. The number of ether oxygens (including phenoxy) is 1. The molecule has 3 rings (SSSR count). The van der Waals surface area contributed by atoms with Gasteiger partial charge in [-0.25, -0.2) is 8.42 Å². The van der Waals surface area contributed by atoms with Gasteiger partial charge in [0.15, 0.2) is 5.41 Å². The Kier molecular flexibility index (Phi) is 6.91. The van der Waals surface area contributed by atoms with Gasteiger partial charge < -0.3 is 4.74 Å². The molecule has 1 heterocycles. The zero-order valence-electron chi connectivity index (χ0n) is 18.9. The molecule has 2 aromatic rings. The number of non-ortho nitro benzene ring substituents is 1.